The first-order chi connectivity index (χ1) is 8.47. The number of Topliss-reactive ketones (excluding diaryl/α,β-unsaturated/α-hetero) is 1. The van der Waals surface area contributed by atoms with Crippen LogP contribution in [0.2, 0.25) is 5.02 Å². The second-order valence-electron chi connectivity index (χ2n) is 4.42. The van der Waals surface area contributed by atoms with E-state index in [-0.39, 0.29) is 11.8 Å². The van der Waals surface area contributed by atoms with Crippen LogP contribution in [-0.4, -0.2) is 18.4 Å². The molecule has 0 aromatic heterocycles. The number of anilines is 1. The van der Waals surface area contributed by atoms with Gasteiger partial charge >= 0.3 is 0 Å². The normalized spacial score (nSPS) is 10.2. The standard InChI is InChI=1S/C14H17ClN2O/c1-10(2)17(8-4-7-16)14-6-5-12(11(3)18)9-13(14)15/h5-6,9-10H,4,8H2,1-3H3. The van der Waals surface area contributed by atoms with Crippen molar-refractivity contribution in [3.8, 4) is 6.07 Å². The molecule has 0 fully saturated rings. The van der Waals surface area contributed by atoms with Crippen LogP contribution < -0.4 is 4.90 Å². The summed E-state index contributed by atoms with van der Waals surface area (Å²) in [6.45, 7) is 6.24. The van der Waals surface area contributed by atoms with Crippen LogP contribution >= 0.6 is 11.6 Å². The number of benzene rings is 1. The van der Waals surface area contributed by atoms with Crippen molar-refractivity contribution in [2.24, 2.45) is 0 Å². The van der Waals surface area contributed by atoms with Crippen LogP contribution in [0.3, 0.4) is 0 Å². The van der Waals surface area contributed by atoms with Crippen molar-refractivity contribution in [2.75, 3.05) is 11.4 Å². The van der Waals surface area contributed by atoms with Gasteiger partial charge in [-0.15, -0.1) is 0 Å². The zero-order valence-electron chi connectivity index (χ0n) is 10.9. The predicted octanol–water partition coefficient (Wildman–Crippen LogP) is 3.67. The average Bonchev–Trinajstić information content (AvgIpc) is 2.30. The minimum Gasteiger partial charge on any atom is -0.367 e. The Morgan fingerprint density at radius 2 is 2.17 bits per heavy atom. The van der Waals surface area contributed by atoms with Gasteiger partial charge in [-0.1, -0.05) is 11.6 Å². The summed E-state index contributed by atoms with van der Waals surface area (Å²) in [5, 5.41) is 9.23. The molecule has 4 heteroatoms. The Bertz CT molecular complexity index is 477. The number of hydrogen-bond acceptors (Lipinski definition) is 3. The second kappa shape index (κ2) is 6.42. The molecule has 1 rings (SSSR count). The number of ketones is 1. The van der Waals surface area contributed by atoms with Gasteiger partial charge in [-0.2, -0.15) is 5.26 Å². The number of rotatable bonds is 5. The van der Waals surface area contributed by atoms with E-state index in [0.29, 0.717) is 23.6 Å². The lowest BCUT2D eigenvalue weighted by atomic mass is 10.1. The first kappa shape index (κ1) is 14.5. The highest BCUT2D eigenvalue weighted by Crippen LogP contribution is 2.28. The average molecular weight is 265 g/mol. The minimum atomic E-state index is -0.00317. The van der Waals surface area contributed by atoms with Crippen LogP contribution in [0.4, 0.5) is 5.69 Å². The molecule has 0 aliphatic carbocycles. The lowest BCUT2D eigenvalue weighted by Gasteiger charge is -2.29. The lowest BCUT2D eigenvalue weighted by Crippen LogP contribution is -2.31. The van der Waals surface area contributed by atoms with E-state index in [1.165, 1.54) is 6.92 Å². The molecule has 18 heavy (non-hydrogen) atoms. The highest BCUT2D eigenvalue weighted by atomic mass is 35.5. The molecule has 0 spiro atoms. The van der Waals surface area contributed by atoms with Gasteiger partial charge in [0.2, 0.25) is 0 Å². The molecule has 0 heterocycles. The molecule has 0 atom stereocenters. The topological polar surface area (TPSA) is 44.1 Å². The Labute approximate surface area is 113 Å². The Morgan fingerprint density at radius 3 is 2.61 bits per heavy atom. The van der Waals surface area contributed by atoms with Gasteiger partial charge in [0.05, 0.1) is 23.2 Å². The van der Waals surface area contributed by atoms with Crippen molar-refractivity contribution >= 4 is 23.1 Å². The van der Waals surface area contributed by atoms with Gasteiger partial charge in [0.25, 0.3) is 0 Å². The van der Waals surface area contributed by atoms with Crippen molar-refractivity contribution < 1.29 is 4.79 Å². The molecule has 0 aliphatic heterocycles. The van der Waals surface area contributed by atoms with E-state index in [1.807, 2.05) is 19.9 Å². The zero-order chi connectivity index (χ0) is 13.7. The fourth-order valence-electron chi connectivity index (χ4n) is 1.79. The summed E-state index contributed by atoms with van der Waals surface area (Å²) >= 11 is 6.21. The molecule has 3 nitrogen and oxygen atoms in total. The van der Waals surface area contributed by atoms with Crippen molar-refractivity contribution in [1.29, 1.82) is 5.26 Å². The Hall–Kier alpha value is -1.53. The predicted molar refractivity (Wildman–Crippen MR) is 74.2 cm³/mol. The summed E-state index contributed by atoms with van der Waals surface area (Å²) < 4.78 is 0. The monoisotopic (exact) mass is 264 g/mol. The fourth-order valence-corrected chi connectivity index (χ4v) is 2.08. The SMILES string of the molecule is CC(=O)c1ccc(N(CCC#N)C(C)C)c(Cl)c1. The molecular weight excluding hydrogens is 248 g/mol. The van der Waals surface area contributed by atoms with Gasteiger partial charge < -0.3 is 4.90 Å². The molecule has 0 amide bonds. The van der Waals surface area contributed by atoms with Gasteiger partial charge in [0.1, 0.15) is 0 Å². The lowest BCUT2D eigenvalue weighted by molar-refractivity contribution is 0.101. The van der Waals surface area contributed by atoms with Crippen molar-refractivity contribution in [3.05, 3.63) is 28.8 Å². The molecule has 0 unspecified atom stereocenters. The van der Waals surface area contributed by atoms with E-state index in [4.69, 9.17) is 16.9 Å². The molecule has 96 valence electrons. The van der Waals surface area contributed by atoms with Gasteiger partial charge in [0.15, 0.2) is 5.78 Å². The molecule has 0 bridgehead atoms. The Morgan fingerprint density at radius 1 is 1.50 bits per heavy atom. The van der Waals surface area contributed by atoms with Crippen LogP contribution in [0.5, 0.6) is 0 Å². The van der Waals surface area contributed by atoms with Gasteiger partial charge in [-0.05, 0) is 39.0 Å². The first-order valence-electron chi connectivity index (χ1n) is 5.91. The van der Waals surface area contributed by atoms with E-state index in [2.05, 4.69) is 11.0 Å². The molecule has 1 aromatic carbocycles. The van der Waals surface area contributed by atoms with E-state index < -0.39 is 0 Å². The number of carbonyl (C=O) groups excluding carboxylic acids is 1. The van der Waals surface area contributed by atoms with Crippen LogP contribution in [-0.2, 0) is 0 Å². The number of hydrogen-bond donors (Lipinski definition) is 0. The number of carbonyl (C=O) groups is 1. The largest absolute Gasteiger partial charge is 0.367 e. The maximum Gasteiger partial charge on any atom is 0.159 e. The maximum atomic E-state index is 11.3. The molecular formula is C14H17ClN2O. The molecule has 0 saturated heterocycles. The highest BCUT2D eigenvalue weighted by molar-refractivity contribution is 6.33. The van der Waals surface area contributed by atoms with E-state index >= 15 is 0 Å². The summed E-state index contributed by atoms with van der Waals surface area (Å²) in [6.07, 6.45) is 0.447. The maximum absolute atomic E-state index is 11.3. The fraction of sp³-hybridized carbons (Fsp3) is 0.429. The van der Waals surface area contributed by atoms with E-state index in [9.17, 15) is 4.79 Å². The third-order valence-electron chi connectivity index (χ3n) is 2.75. The van der Waals surface area contributed by atoms with E-state index in [1.54, 1.807) is 12.1 Å². The van der Waals surface area contributed by atoms with Gasteiger partial charge in [-0.25, -0.2) is 0 Å². The first-order valence-corrected chi connectivity index (χ1v) is 6.29. The van der Waals surface area contributed by atoms with Gasteiger partial charge in [0, 0.05) is 18.2 Å². The molecule has 0 saturated carbocycles. The van der Waals surface area contributed by atoms with Crippen LogP contribution in [0, 0.1) is 11.3 Å². The number of nitriles is 1. The summed E-state index contributed by atoms with van der Waals surface area (Å²) in [5.74, 6) is -0.00317. The number of halogens is 1. The van der Waals surface area contributed by atoms with Crippen molar-refractivity contribution in [3.63, 3.8) is 0 Å². The highest BCUT2D eigenvalue weighted by Gasteiger charge is 2.14. The molecule has 0 radical (unpaired) electrons. The van der Waals surface area contributed by atoms with Crippen molar-refractivity contribution in [1.82, 2.24) is 0 Å². The molecule has 0 N–H and O–H groups in total. The zero-order valence-corrected chi connectivity index (χ0v) is 11.7. The van der Waals surface area contributed by atoms with Crippen LogP contribution in [0.1, 0.15) is 37.6 Å². The third-order valence-corrected chi connectivity index (χ3v) is 3.05. The quantitative estimate of drug-likeness (QED) is 0.762. The summed E-state index contributed by atoms with van der Waals surface area (Å²) in [4.78, 5) is 13.3. The molecule has 1 aromatic rings. The second-order valence-corrected chi connectivity index (χ2v) is 4.82. The Balaban J connectivity index is 3.06. The van der Waals surface area contributed by atoms with Crippen LogP contribution in [0.15, 0.2) is 18.2 Å². The molecule has 0 aliphatic rings. The number of nitrogens with zero attached hydrogens (tertiary/aromatic N) is 2. The minimum absolute atomic E-state index is 0.00317. The van der Waals surface area contributed by atoms with Crippen LogP contribution in [0.25, 0.3) is 0 Å². The van der Waals surface area contributed by atoms with Crippen molar-refractivity contribution in [2.45, 2.75) is 33.2 Å². The van der Waals surface area contributed by atoms with Gasteiger partial charge in [-0.3, -0.25) is 4.79 Å². The summed E-state index contributed by atoms with van der Waals surface area (Å²) in [5.41, 5.74) is 1.47. The smallest absolute Gasteiger partial charge is 0.159 e. The third kappa shape index (κ3) is 3.48. The summed E-state index contributed by atoms with van der Waals surface area (Å²) in [7, 11) is 0. The Kier molecular flexibility index (Phi) is 5.18. The summed E-state index contributed by atoms with van der Waals surface area (Å²) in [6, 6.07) is 7.68. The van der Waals surface area contributed by atoms with E-state index in [0.717, 1.165) is 5.69 Å².